The Kier molecular flexibility index (Phi) is 5.60. The van der Waals surface area contributed by atoms with Gasteiger partial charge in [-0.3, -0.25) is 9.59 Å². The van der Waals surface area contributed by atoms with Crippen molar-refractivity contribution in [3.05, 3.63) is 51.9 Å². The number of aromatic nitrogens is 2. The van der Waals surface area contributed by atoms with Gasteiger partial charge in [-0.1, -0.05) is 37.7 Å². The van der Waals surface area contributed by atoms with Gasteiger partial charge in [0.1, 0.15) is 0 Å². The van der Waals surface area contributed by atoms with Crippen LogP contribution < -0.4 is 10.9 Å². The average molecular weight is 331 g/mol. The van der Waals surface area contributed by atoms with Gasteiger partial charge in [-0.05, 0) is 37.5 Å². The topological polar surface area (TPSA) is 74.8 Å². The summed E-state index contributed by atoms with van der Waals surface area (Å²) in [7, 11) is 0. The van der Waals surface area contributed by atoms with Crippen molar-refractivity contribution in [2.45, 2.75) is 44.0 Å². The molecule has 2 aromatic rings. The summed E-state index contributed by atoms with van der Waals surface area (Å²) in [5, 5.41) is 2.96. The minimum atomic E-state index is -0.371. The Balaban J connectivity index is 2.00. The molecule has 0 radical (unpaired) electrons. The average Bonchev–Trinajstić information content (AvgIpc) is 2.46. The first-order valence-corrected chi connectivity index (χ1v) is 8.38. The standard InChI is InChI=1S/C17H21N3O2S/c1-10(2)13-5-7-14(8-6-13)19-16(22)12(4)23-17-18-11(3)9-15(21)20-17/h5-10,12H,1-4H3,(H,19,22)(H,18,20,21). The molecule has 0 saturated heterocycles. The third kappa shape index (κ3) is 4.96. The van der Waals surface area contributed by atoms with Gasteiger partial charge in [0.15, 0.2) is 5.16 Å². The van der Waals surface area contributed by atoms with Crippen LogP contribution in [0.4, 0.5) is 5.69 Å². The molecule has 1 aromatic carbocycles. The molecule has 1 atom stereocenters. The van der Waals surface area contributed by atoms with E-state index in [0.29, 0.717) is 16.8 Å². The second-order valence-corrected chi connectivity index (χ2v) is 7.05. The van der Waals surface area contributed by atoms with E-state index >= 15 is 0 Å². The summed E-state index contributed by atoms with van der Waals surface area (Å²) < 4.78 is 0. The minimum absolute atomic E-state index is 0.128. The number of aryl methyl sites for hydroxylation is 1. The van der Waals surface area contributed by atoms with Gasteiger partial charge in [-0.2, -0.15) is 0 Å². The SMILES string of the molecule is Cc1cc(=O)[nH]c(SC(C)C(=O)Nc2ccc(C(C)C)cc2)n1. The number of anilines is 1. The number of amides is 1. The fourth-order valence-electron chi connectivity index (χ4n) is 2.02. The molecule has 2 rings (SSSR count). The normalized spacial score (nSPS) is 12.2. The molecule has 1 amide bonds. The number of H-pyrrole nitrogens is 1. The van der Waals surface area contributed by atoms with Crippen LogP contribution in [0.5, 0.6) is 0 Å². The highest BCUT2D eigenvalue weighted by atomic mass is 32.2. The molecule has 23 heavy (non-hydrogen) atoms. The van der Waals surface area contributed by atoms with E-state index in [0.717, 1.165) is 5.69 Å². The molecule has 0 aliphatic heterocycles. The number of hydrogen-bond donors (Lipinski definition) is 2. The molecule has 1 unspecified atom stereocenters. The number of rotatable bonds is 5. The number of carbonyl (C=O) groups is 1. The first-order chi connectivity index (χ1) is 10.8. The van der Waals surface area contributed by atoms with E-state index in [-0.39, 0.29) is 16.7 Å². The largest absolute Gasteiger partial charge is 0.325 e. The van der Waals surface area contributed by atoms with Gasteiger partial charge < -0.3 is 10.3 Å². The lowest BCUT2D eigenvalue weighted by atomic mass is 10.0. The Bertz CT molecular complexity index is 738. The minimum Gasteiger partial charge on any atom is -0.325 e. The maximum absolute atomic E-state index is 12.3. The van der Waals surface area contributed by atoms with Gasteiger partial charge in [0.05, 0.1) is 5.25 Å². The van der Waals surface area contributed by atoms with E-state index < -0.39 is 0 Å². The van der Waals surface area contributed by atoms with Crippen molar-refractivity contribution in [1.29, 1.82) is 0 Å². The van der Waals surface area contributed by atoms with Crippen LogP contribution in [0.25, 0.3) is 0 Å². The third-order valence-corrected chi connectivity index (χ3v) is 4.33. The Morgan fingerprint density at radius 3 is 2.43 bits per heavy atom. The highest BCUT2D eigenvalue weighted by Gasteiger charge is 2.16. The van der Waals surface area contributed by atoms with Crippen molar-refractivity contribution in [2.24, 2.45) is 0 Å². The van der Waals surface area contributed by atoms with E-state index in [9.17, 15) is 9.59 Å². The molecule has 0 saturated carbocycles. The van der Waals surface area contributed by atoms with Crippen molar-refractivity contribution in [2.75, 3.05) is 5.32 Å². The molecule has 0 spiro atoms. The fraction of sp³-hybridized carbons (Fsp3) is 0.353. The number of carbonyl (C=O) groups excluding carboxylic acids is 1. The predicted molar refractivity (Wildman–Crippen MR) is 94.1 cm³/mol. The van der Waals surface area contributed by atoms with E-state index in [4.69, 9.17) is 0 Å². The van der Waals surface area contributed by atoms with Gasteiger partial charge in [0.2, 0.25) is 5.91 Å². The van der Waals surface area contributed by atoms with Crippen LogP contribution in [0.15, 0.2) is 40.3 Å². The molecule has 1 heterocycles. The molecular formula is C17H21N3O2S. The van der Waals surface area contributed by atoms with Crippen LogP contribution in [0.1, 0.15) is 37.9 Å². The fourth-order valence-corrected chi connectivity index (χ4v) is 2.88. The molecule has 0 aliphatic rings. The van der Waals surface area contributed by atoms with Gasteiger partial charge in [-0.25, -0.2) is 4.98 Å². The zero-order valence-electron chi connectivity index (χ0n) is 13.7. The molecule has 2 N–H and O–H groups in total. The van der Waals surface area contributed by atoms with E-state index in [2.05, 4.69) is 29.1 Å². The summed E-state index contributed by atoms with van der Waals surface area (Å²) in [5.41, 5.74) is 2.41. The molecule has 0 bridgehead atoms. The predicted octanol–water partition coefficient (Wildman–Crippen LogP) is 3.32. The molecule has 0 fully saturated rings. The Hall–Kier alpha value is -2.08. The highest BCUT2D eigenvalue weighted by molar-refractivity contribution is 8.00. The lowest BCUT2D eigenvalue weighted by molar-refractivity contribution is -0.115. The highest BCUT2D eigenvalue weighted by Crippen LogP contribution is 2.21. The Labute approximate surface area is 139 Å². The first kappa shape index (κ1) is 17.3. The van der Waals surface area contributed by atoms with E-state index in [1.54, 1.807) is 13.8 Å². The molecule has 1 aromatic heterocycles. The smallest absolute Gasteiger partial charge is 0.251 e. The van der Waals surface area contributed by atoms with Crippen LogP contribution in [0.2, 0.25) is 0 Å². The number of hydrogen-bond acceptors (Lipinski definition) is 4. The first-order valence-electron chi connectivity index (χ1n) is 7.50. The lowest BCUT2D eigenvalue weighted by Gasteiger charge is -2.12. The lowest BCUT2D eigenvalue weighted by Crippen LogP contribution is -2.23. The number of aromatic amines is 1. The second-order valence-electron chi connectivity index (χ2n) is 5.72. The maximum Gasteiger partial charge on any atom is 0.251 e. The van der Waals surface area contributed by atoms with E-state index in [1.165, 1.54) is 23.4 Å². The van der Waals surface area contributed by atoms with Gasteiger partial charge in [-0.15, -0.1) is 0 Å². The third-order valence-electron chi connectivity index (χ3n) is 3.35. The van der Waals surface area contributed by atoms with Crippen LogP contribution >= 0.6 is 11.8 Å². The maximum atomic E-state index is 12.3. The molecule has 5 nitrogen and oxygen atoms in total. The Morgan fingerprint density at radius 2 is 1.87 bits per heavy atom. The number of nitrogens with one attached hydrogen (secondary N) is 2. The summed E-state index contributed by atoms with van der Waals surface area (Å²) >= 11 is 1.23. The van der Waals surface area contributed by atoms with Crippen LogP contribution in [0, 0.1) is 6.92 Å². The summed E-state index contributed by atoms with van der Waals surface area (Å²) in [4.78, 5) is 30.5. The van der Waals surface area contributed by atoms with Crippen LogP contribution in [-0.4, -0.2) is 21.1 Å². The zero-order valence-corrected chi connectivity index (χ0v) is 14.5. The van der Waals surface area contributed by atoms with Gasteiger partial charge in [0, 0.05) is 17.4 Å². The molecule has 0 aliphatic carbocycles. The summed E-state index contributed by atoms with van der Waals surface area (Å²) in [6.45, 7) is 7.79. The molecular weight excluding hydrogens is 310 g/mol. The molecule has 122 valence electrons. The second kappa shape index (κ2) is 7.46. The number of benzene rings is 1. The van der Waals surface area contributed by atoms with Crippen molar-refractivity contribution in [3.8, 4) is 0 Å². The summed E-state index contributed by atoms with van der Waals surface area (Å²) in [6.07, 6.45) is 0. The van der Waals surface area contributed by atoms with Crippen molar-refractivity contribution >= 4 is 23.4 Å². The molecule has 6 heteroatoms. The Morgan fingerprint density at radius 1 is 1.22 bits per heavy atom. The summed E-state index contributed by atoms with van der Waals surface area (Å²) in [6, 6.07) is 9.25. The summed E-state index contributed by atoms with van der Waals surface area (Å²) in [5.74, 6) is 0.329. The van der Waals surface area contributed by atoms with E-state index in [1.807, 2.05) is 24.3 Å². The van der Waals surface area contributed by atoms with Gasteiger partial charge in [0.25, 0.3) is 5.56 Å². The number of thioether (sulfide) groups is 1. The van der Waals surface area contributed by atoms with Crippen molar-refractivity contribution < 1.29 is 4.79 Å². The zero-order chi connectivity index (χ0) is 17.0. The monoisotopic (exact) mass is 331 g/mol. The number of nitrogens with zero attached hydrogens (tertiary/aromatic N) is 1. The van der Waals surface area contributed by atoms with Crippen LogP contribution in [0.3, 0.4) is 0 Å². The van der Waals surface area contributed by atoms with Crippen LogP contribution in [-0.2, 0) is 4.79 Å². The van der Waals surface area contributed by atoms with Gasteiger partial charge >= 0.3 is 0 Å². The quantitative estimate of drug-likeness (QED) is 0.651. The van der Waals surface area contributed by atoms with Crippen molar-refractivity contribution in [1.82, 2.24) is 9.97 Å². The van der Waals surface area contributed by atoms with Crippen molar-refractivity contribution in [3.63, 3.8) is 0 Å².